The third kappa shape index (κ3) is 1.68. The molecule has 3 heteroatoms. The highest BCUT2D eigenvalue weighted by molar-refractivity contribution is 4.86. The predicted octanol–water partition coefficient (Wildman–Crippen LogP) is -0.402. The lowest BCUT2D eigenvalue weighted by molar-refractivity contribution is 0.0968. The second kappa shape index (κ2) is 3.91. The molecule has 0 amide bonds. The number of ether oxygens (including phenoxy) is 1. The minimum Gasteiger partial charge on any atom is -0.378 e. The molecule has 1 aliphatic rings. The summed E-state index contributed by atoms with van der Waals surface area (Å²) in [5, 5.41) is 7.57. The van der Waals surface area contributed by atoms with Crippen LogP contribution in [0, 0.1) is 0 Å². The molecule has 2 atom stereocenters. The molecule has 1 fully saturated rings. The molecule has 0 aromatic heterocycles. The Morgan fingerprint density at radius 2 is 2.40 bits per heavy atom. The van der Waals surface area contributed by atoms with Crippen LogP contribution < -0.4 is 10.6 Å². The van der Waals surface area contributed by atoms with Crippen LogP contribution in [0.25, 0.3) is 0 Å². The number of rotatable bonds is 3. The molecule has 3 nitrogen and oxygen atoms in total. The van der Waals surface area contributed by atoms with Gasteiger partial charge in [-0.3, -0.25) is 0 Å². The predicted molar refractivity (Wildman–Crippen MR) is 40.1 cm³/mol. The first-order valence-electron chi connectivity index (χ1n) is 3.78. The van der Waals surface area contributed by atoms with Gasteiger partial charge in [0, 0.05) is 26.2 Å². The van der Waals surface area contributed by atoms with Gasteiger partial charge in [0.25, 0.3) is 0 Å². The highest BCUT2D eigenvalue weighted by atomic mass is 16.5. The van der Waals surface area contributed by atoms with Gasteiger partial charge in [0.15, 0.2) is 0 Å². The zero-order valence-corrected chi connectivity index (χ0v) is 6.63. The van der Waals surface area contributed by atoms with Gasteiger partial charge in [0.1, 0.15) is 0 Å². The van der Waals surface area contributed by atoms with Crippen molar-refractivity contribution in [1.29, 1.82) is 0 Å². The summed E-state index contributed by atoms with van der Waals surface area (Å²) in [6, 6.07) is 0.454. The van der Waals surface area contributed by atoms with Crippen molar-refractivity contribution >= 4 is 0 Å². The molecule has 2 unspecified atom stereocenters. The van der Waals surface area contributed by atoms with Gasteiger partial charge < -0.3 is 10.1 Å². The molecule has 1 saturated heterocycles. The molecule has 0 aliphatic carbocycles. The molecular weight excluding hydrogens is 128 g/mol. The molecule has 1 rings (SSSR count). The molecule has 1 heterocycles. The minimum absolute atomic E-state index is 0.306. The van der Waals surface area contributed by atoms with Gasteiger partial charge in [-0.05, 0) is 6.54 Å². The Labute approximate surface area is 62.1 Å². The highest BCUT2D eigenvalue weighted by Gasteiger charge is 2.26. The number of hydrogen-bond acceptors (Lipinski definition) is 2. The van der Waals surface area contributed by atoms with Crippen molar-refractivity contribution in [3.8, 4) is 0 Å². The lowest BCUT2D eigenvalue weighted by Crippen LogP contribution is -2.39. The summed E-state index contributed by atoms with van der Waals surface area (Å²) >= 11 is 0. The maximum Gasteiger partial charge on any atom is 0.0878 e. The van der Waals surface area contributed by atoms with Crippen LogP contribution in [0.2, 0.25) is 0 Å². The number of likely N-dealkylation sites (N-methyl/N-ethyl adjacent to an activating group) is 1. The Balaban J connectivity index is 2.27. The van der Waals surface area contributed by atoms with E-state index in [1.807, 2.05) is 0 Å². The summed E-state index contributed by atoms with van der Waals surface area (Å²) in [6.07, 6.45) is 0.306. The van der Waals surface area contributed by atoms with E-state index in [-0.39, 0.29) is 0 Å². The molecule has 10 heavy (non-hydrogen) atoms. The van der Waals surface area contributed by atoms with Gasteiger partial charge in [-0.2, -0.15) is 0 Å². The van der Waals surface area contributed by atoms with E-state index in [2.05, 4.69) is 17.6 Å². The smallest absolute Gasteiger partial charge is 0.0878 e. The Morgan fingerprint density at radius 1 is 1.60 bits per heavy atom. The number of hydrogen-bond donors (Lipinski definition) is 1. The van der Waals surface area contributed by atoms with Gasteiger partial charge >= 0.3 is 0 Å². The lowest BCUT2D eigenvalue weighted by Gasteiger charge is -2.16. The van der Waals surface area contributed by atoms with Gasteiger partial charge in [-0.25, -0.2) is 5.32 Å². The molecule has 59 valence electrons. The first-order chi connectivity index (χ1) is 4.88. The SMILES string of the molecule is CCNC1C[N]CC1OC. The molecule has 0 spiro atoms. The van der Waals surface area contributed by atoms with Crippen molar-refractivity contribution in [3.63, 3.8) is 0 Å². The second-order valence-corrected chi connectivity index (χ2v) is 2.53. The summed E-state index contributed by atoms with van der Waals surface area (Å²) in [5.74, 6) is 0. The average Bonchev–Trinajstić information content (AvgIpc) is 2.36. The molecule has 1 aliphatic heterocycles. The van der Waals surface area contributed by atoms with Gasteiger partial charge in [0.2, 0.25) is 0 Å². The van der Waals surface area contributed by atoms with Crippen molar-refractivity contribution in [1.82, 2.24) is 10.6 Å². The largest absolute Gasteiger partial charge is 0.378 e. The summed E-state index contributed by atoms with van der Waals surface area (Å²) in [5.41, 5.74) is 0. The third-order valence-corrected chi connectivity index (χ3v) is 1.85. The van der Waals surface area contributed by atoms with Crippen molar-refractivity contribution in [2.45, 2.75) is 19.1 Å². The number of nitrogens with zero attached hydrogens (tertiary/aromatic N) is 1. The fourth-order valence-corrected chi connectivity index (χ4v) is 1.28. The lowest BCUT2D eigenvalue weighted by atomic mass is 10.2. The van der Waals surface area contributed by atoms with Crippen LogP contribution in [0.1, 0.15) is 6.92 Å². The zero-order chi connectivity index (χ0) is 7.40. The first kappa shape index (κ1) is 7.98. The highest BCUT2D eigenvalue weighted by Crippen LogP contribution is 2.03. The van der Waals surface area contributed by atoms with Crippen LogP contribution in [-0.2, 0) is 4.74 Å². The number of methoxy groups -OCH3 is 1. The molecule has 0 aromatic carbocycles. The Hall–Kier alpha value is -0.120. The van der Waals surface area contributed by atoms with E-state index in [4.69, 9.17) is 4.74 Å². The maximum absolute atomic E-state index is 5.22. The fraction of sp³-hybridized carbons (Fsp3) is 1.00. The monoisotopic (exact) mass is 143 g/mol. The van der Waals surface area contributed by atoms with Crippen LogP contribution in [0.5, 0.6) is 0 Å². The Kier molecular flexibility index (Phi) is 3.12. The van der Waals surface area contributed by atoms with Crippen molar-refractivity contribution in [3.05, 3.63) is 0 Å². The normalized spacial score (nSPS) is 33.0. The molecule has 0 aromatic rings. The molecule has 1 radical (unpaired) electrons. The average molecular weight is 143 g/mol. The summed E-state index contributed by atoms with van der Waals surface area (Å²) in [7, 11) is 1.75. The van der Waals surface area contributed by atoms with Crippen LogP contribution >= 0.6 is 0 Å². The van der Waals surface area contributed by atoms with Crippen LogP contribution in [0.4, 0.5) is 0 Å². The second-order valence-electron chi connectivity index (χ2n) is 2.53. The molecule has 0 bridgehead atoms. The van der Waals surface area contributed by atoms with Crippen molar-refractivity contribution in [2.75, 3.05) is 26.7 Å². The minimum atomic E-state index is 0.306. The van der Waals surface area contributed by atoms with Gasteiger partial charge in [-0.1, -0.05) is 6.92 Å². The van der Waals surface area contributed by atoms with E-state index in [0.29, 0.717) is 12.1 Å². The molecule has 1 N–H and O–H groups in total. The summed E-state index contributed by atoms with van der Waals surface area (Å²) in [4.78, 5) is 0. The van der Waals surface area contributed by atoms with E-state index in [1.165, 1.54) is 0 Å². The van der Waals surface area contributed by atoms with E-state index in [9.17, 15) is 0 Å². The van der Waals surface area contributed by atoms with Gasteiger partial charge in [-0.15, -0.1) is 0 Å². The van der Waals surface area contributed by atoms with Crippen LogP contribution in [-0.4, -0.2) is 38.9 Å². The van der Waals surface area contributed by atoms with Crippen LogP contribution in [0.3, 0.4) is 0 Å². The third-order valence-electron chi connectivity index (χ3n) is 1.85. The van der Waals surface area contributed by atoms with Crippen LogP contribution in [0.15, 0.2) is 0 Å². The van der Waals surface area contributed by atoms with E-state index >= 15 is 0 Å². The van der Waals surface area contributed by atoms with E-state index < -0.39 is 0 Å². The van der Waals surface area contributed by atoms with Crippen molar-refractivity contribution in [2.24, 2.45) is 0 Å². The molecular formula is C7H15N2O. The fourth-order valence-electron chi connectivity index (χ4n) is 1.28. The Bertz CT molecular complexity index is 97.6. The van der Waals surface area contributed by atoms with Crippen molar-refractivity contribution < 1.29 is 4.74 Å². The molecule has 0 saturated carbocycles. The van der Waals surface area contributed by atoms with E-state index in [0.717, 1.165) is 19.6 Å². The first-order valence-corrected chi connectivity index (χ1v) is 3.78. The zero-order valence-electron chi connectivity index (χ0n) is 6.63. The van der Waals surface area contributed by atoms with Gasteiger partial charge in [0.05, 0.1) is 6.10 Å². The Morgan fingerprint density at radius 3 is 3.00 bits per heavy atom. The summed E-state index contributed by atoms with van der Waals surface area (Å²) < 4.78 is 5.22. The summed E-state index contributed by atoms with van der Waals surface area (Å²) in [6.45, 7) is 4.87. The maximum atomic E-state index is 5.22. The topological polar surface area (TPSA) is 35.4 Å². The quantitative estimate of drug-likeness (QED) is 0.583. The van der Waals surface area contributed by atoms with E-state index in [1.54, 1.807) is 7.11 Å². The standard InChI is InChI=1S/C7H15N2O/c1-3-9-6-4-8-5-7(6)10-2/h6-7,9H,3-5H2,1-2H3. The number of nitrogens with one attached hydrogen (secondary N) is 1.